The molecule has 0 aliphatic rings. The van der Waals surface area contributed by atoms with E-state index < -0.39 is 5.60 Å². The minimum Gasteiger partial charge on any atom is -0.493 e. The van der Waals surface area contributed by atoms with Crippen molar-refractivity contribution in [1.29, 1.82) is 0 Å². The third-order valence-corrected chi connectivity index (χ3v) is 2.83. The van der Waals surface area contributed by atoms with Gasteiger partial charge in [-0.05, 0) is 32.9 Å². The number of methoxy groups -OCH3 is 2. The highest BCUT2D eigenvalue weighted by Crippen LogP contribution is 2.30. The smallest absolute Gasteiger partial charge is 0.162 e. The highest BCUT2D eigenvalue weighted by Gasteiger charge is 2.22. The average Bonchev–Trinajstić information content (AvgIpc) is 2.27. The lowest BCUT2D eigenvalue weighted by Crippen LogP contribution is -2.39. The van der Waals surface area contributed by atoms with E-state index in [2.05, 4.69) is 5.32 Å². The number of hydrogen-bond acceptors (Lipinski definition) is 4. The molecule has 0 heterocycles. The SMILES string of the molecule is COc1ccc(NC(C)C(C)(C)O)cc1OC. The van der Waals surface area contributed by atoms with Gasteiger partial charge in [-0.25, -0.2) is 0 Å². The Morgan fingerprint density at radius 3 is 2.24 bits per heavy atom. The Morgan fingerprint density at radius 1 is 1.18 bits per heavy atom. The topological polar surface area (TPSA) is 50.7 Å². The molecule has 0 saturated carbocycles. The zero-order valence-electron chi connectivity index (χ0n) is 11.1. The summed E-state index contributed by atoms with van der Waals surface area (Å²) in [7, 11) is 3.20. The molecule has 1 aromatic carbocycles. The van der Waals surface area contributed by atoms with E-state index >= 15 is 0 Å². The summed E-state index contributed by atoms with van der Waals surface area (Å²) in [4.78, 5) is 0. The fraction of sp³-hybridized carbons (Fsp3) is 0.538. The predicted molar refractivity (Wildman–Crippen MR) is 68.9 cm³/mol. The Kier molecular flexibility index (Phi) is 4.23. The molecule has 96 valence electrons. The van der Waals surface area contributed by atoms with E-state index in [1.807, 2.05) is 25.1 Å². The largest absolute Gasteiger partial charge is 0.493 e. The van der Waals surface area contributed by atoms with Gasteiger partial charge in [0.25, 0.3) is 0 Å². The van der Waals surface area contributed by atoms with Gasteiger partial charge < -0.3 is 19.9 Å². The first-order valence-corrected chi connectivity index (χ1v) is 5.59. The predicted octanol–water partition coefficient (Wildman–Crippen LogP) is 2.28. The number of anilines is 1. The third kappa shape index (κ3) is 3.53. The van der Waals surface area contributed by atoms with Gasteiger partial charge in [-0.15, -0.1) is 0 Å². The molecule has 1 unspecified atom stereocenters. The van der Waals surface area contributed by atoms with Crippen molar-refractivity contribution < 1.29 is 14.6 Å². The summed E-state index contributed by atoms with van der Waals surface area (Å²) in [5, 5.41) is 13.1. The Balaban J connectivity index is 2.86. The molecule has 0 bridgehead atoms. The fourth-order valence-corrected chi connectivity index (χ4v) is 1.35. The van der Waals surface area contributed by atoms with E-state index in [0.717, 1.165) is 5.69 Å². The molecule has 4 heteroatoms. The number of aliphatic hydroxyl groups is 1. The molecule has 0 aliphatic heterocycles. The third-order valence-electron chi connectivity index (χ3n) is 2.83. The molecular formula is C13H21NO3. The zero-order valence-corrected chi connectivity index (χ0v) is 11.1. The van der Waals surface area contributed by atoms with Gasteiger partial charge in [0.15, 0.2) is 11.5 Å². The van der Waals surface area contributed by atoms with Crippen molar-refractivity contribution in [3.8, 4) is 11.5 Å². The van der Waals surface area contributed by atoms with Crippen LogP contribution in [0.2, 0.25) is 0 Å². The van der Waals surface area contributed by atoms with Crippen LogP contribution in [0.4, 0.5) is 5.69 Å². The van der Waals surface area contributed by atoms with Crippen LogP contribution in [-0.4, -0.2) is 31.0 Å². The molecule has 0 saturated heterocycles. The molecule has 0 amide bonds. The molecule has 17 heavy (non-hydrogen) atoms. The first-order valence-electron chi connectivity index (χ1n) is 5.59. The molecule has 2 N–H and O–H groups in total. The summed E-state index contributed by atoms with van der Waals surface area (Å²) in [6, 6.07) is 5.50. The maximum absolute atomic E-state index is 9.86. The molecule has 1 aromatic rings. The van der Waals surface area contributed by atoms with Gasteiger partial charge in [-0.1, -0.05) is 0 Å². The van der Waals surface area contributed by atoms with Crippen LogP contribution in [0.1, 0.15) is 20.8 Å². The minimum atomic E-state index is -0.785. The van der Waals surface area contributed by atoms with Crippen LogP contribution < -0.4 is 14.8 Å². The van der Waals surface area contributed by atoms with Gasteiger partial charge in [0.1, 0.15) is 0 Å². The fourth-order valence-electron chi connectivity index (χ4n) is 1.35. The maximum Gasteiger partial charge on any atom is 0.162 e. The number of ether oxygens (including phenoxy) is 2. The lowest BCUT2D eigenvalue weighted by Gasteiger charge is -2.27. The molecule has 1 rings (SSSR count). The van der Waals surface area contributed by atoms with Crippen molar-refractivity contribution >= 4 is 5.69 Å². The summed E-state index contributed by atoms with van der Waals surface area (Å²) >= 11 is 0. The Labute approximate surface area is 103 Å². The highest BCUT2D eigenvalue weighted by atomic mass is 16.5. The molecule has 0 aliphatic carbocycles. The van der Waals surface area contributed by atoms with Crippen molar-refractivity contribution in [3.05, 3.63) is 18.2 Å². The number of nitrogens with one attached hydrogen (secondary N) is 1. The summed E-state index contributed by atoms with van der Waals surface area (Å²) in [5.41, 5.74) is 0.102. The Morgan fingerprint density at radius 2 is 1.76 bits per heavy atom. The van der Waals surface area contributed by atoms with Crippen LogP contribution in [0.15, 0.2) is 18.2 Å². The molecular weight excluding hydrogens is 218 g/mol. The first kappa shape index (κ1) is 13.6. The summed E-state index contributed by atoms with van der Waals surface area (Å²) in [6.45, 7) is 5.47. The number of benzene rings is 1. The van der Waals surface area contributed by atoms with Crippen LogP contribution in [0.5, 0.6) is 11.5 Å². The molecule has 0 aromatic heterocycles. The molecule has 4 nitrogen and oxygen atoms in total. The number of rotatable bonds is 5. The zero-order chi connectivity index (χ0) is 13.1. The second kappa shape index (κ2) is 5.27. The summed E-state index contributed by atoms with van der Waals surface area (Å²) < 4.78 is 10.4. The second-order valence-corrected chi connectivity index (χ2v) is 4.59. The van der Waals surface area contributed by atoms with Gasteiger partial charge in [0.05, 0.1) is 25.9 Å². The lowest BCUT2D eigenvalue weighted by atomic mass is 10.0. The second-order valence-electron chi connectivity index (χ2n) is 4.59. The van der Waals surface area contributed by atoms with E-state index in [1.165, 1.54) is 0 Å². The van der Waals surface area contributed by atoms with E-state index in [9.17, 15) is 5.11 Å². The minimum absolute atomic E-state index is 0.0689. The molecule has 0 spiro atoms. The van der Waals surface area contributed by atoms with Crippen LogP contribution in [0.25, 0.3) is 0 Å². The molecule has 0 fully saturated rings. The van der Waals surface area contributed by atoms with Crippen LogP contribution in [0, 0.1) is 0 Å². The highest BCUT2D eigenvalue weighted by molar-refractivity contribution is 5.55. The normalized spacial score (nSPS) is 13.1. The molecule has 0 radical (unpaired) electrons. The van der Waals surface area contributed by atoms with E-state index in [4.69, 9.17) is 9.47 Å². The van der Waals surface area contributed by atoms with Crippen LogP contribution in [-0.2, 0) is 0 Å². The Hall–Kier alpha value is -1.42. The van der Waals surface area contributed by atoms with Crippen molar-refractivity contribution in [2.45, 2.75) is 32.4 Å². The van der Waals surface area contributed by atoms with Gasteiger partial charge in [-0.3, -0.25) is 0 Å². The summed E-state index contributed by atoms with van der Waals surface area (Å²) in [5.74, 6) is 1.36. The van der Waals surface area contributed by atoms with E-state index in [1.54, 1.807) is 28.1 Å². The van der Waals surface area contributed by atoms with Crippen molar-refractivity contribution in [3.63, 3.8) is 0 Å². The first-order chi connectivity index (χ1) is 7.88. The Bertz CT molecular complexity index is 371. The lowest BCUT2D eigenvalue weighted by molar-refractivity contribution is 0.0649. The monoisotopic (exact) mass is 239 g/mol. The quantitative estimate of drug-likeness (QED) is 0.827. The van der Waals surface area contributed by atoms with Crippen LogP contribution >= 0.6 is 0 Å². The molecule has 1 atom stereocenters. The standard InChI is InChI=1S/C13H21NO3/c1-9(13(2,3)15)14-10-6-7-11(16-4)12(8-10)17-5/h6-9,14-15H,1-5H3. The van der Waals surface area contributed by atoms with E-state index in [-0.39, 0.29) is 6.04 Å². The van der Waals surface area contributed by atoms with Crippen molar-refractivity contribution in [1.82, 2.24) is 0 Å². The average molecular weight is 239 g/mol. The van der Waals surface area contributed by atoms with Gasteiger partial charge >= 0.3 is 0 Å². The number of hydrogen-bond donors (Lipinski definition) is 2. The van der Waals surface area contributed by atoms with Crippen molar-refractivity contribution in [2.75, 3.05) is 19.5 Å². The van der Waals surface area contributed by atoms with Gasteiger partial charge in [-0.2, -0.15) is 0 Å². The van der Waals surface area contributed by atoms with Crippen molar-refractivity contribution in [2.24, 2.45) is 0 Å². The van der Waals surface area contributed by atoms with E-state index in [0.29, 0.717) is 11.5 Å². The van der Waals surface area contributed by atoms with Gasteiger partial charge in [0.2, 0.25) is 0 Å². The maximum atomic E-state index is 9.86. The van der Waals surface area contributed by atoms with Gasteiger partial charge in [0, 0.05) is 11.8 Å². The summed E-state index contributed by atoms with van der Waals surface area (Å²) in [6.07, 6.45) is 0. The van der Waals surface area contributed by atoms with Crippen LogP contribution in [0.3, 0.4) is 0 Å².